The zero-order valence-corrected chi connectivity index (χ0v) is 44.2. The van der Waals surface area contributed by atoms with E-state index in [1.54, 1.807) is 0 Å². The Labute approximate surface area is 429 Å². The zero-order chi connectivity index (χ0) is 51.8. The molecule has 0 saturated carbocycles. The second kappa shape index (κ2) is 46.9. The number of ether oxygens (including phenoxy) is 5. The number of carboxylic acid groups (broad SMARTS) is 1. The fraction of sp³-hybridized carbons (Fsp3) is 0.695. The predicted molar refractivity (Wildman–Crippen MR) is 284 cm³/mol. The molecule has 0 bridgehead atoms. The summed E-state index contributed by atoms with van der Waals surface area (Å²) in [4.78, 5) is 50.9. The van der Waals surface area contributed by atoms with Gasteiger partial charge in [0.25, 0.3) is 0 Å². The van der Waals surface area contributed by atoms with Crippen molar-refractivity contribution in [2.24, 2.45) is 0 Å². The molecule has 0 aromatic carbocycles. The molecule has 0 spiro atoms. The van der Waals surface area contributed by atoms with E-state index in [1.165, 1.54) is 12.8 Å². The number of carbonyl (C=O) groups excluding carboxylic acids is 3. The maximum atomic E-state index is 13.1. The number of aliphatic hydroxyl groups excluding tert-OH is 2. The average Bonchev–Trinajstić information content (AvgIpc) is 3.35. The first kappa shape index (κ1) is 64.9. The van der Waals surface area contributed by atoms with Gasteiger partial charge < -0.3 is 39.0 Å². The van der Waals surface area contributed by atoms with Gasteiger partial charge in [0.15, 0.2) is 24.6 Å². The van der Waals surface area contributed by atoms with Gasteiger partial charge in [0.05, 0.1) is 6.61 Å². The minimum atomic E-state index is -1.91. The van der Waals surface area contributed by atoms with E-state index in [0.29, 0.717) is 19.3 Å². The van der Waals surface area contributed by atoms with E-state index in [2.05, 4.69) is 106 Å². The standard InChI is InChI=1S/C59H96O12/c1-4-7-10-13-16-19-22-24-26-28-31-33-36-39-42-45-51(60)67-48-50(69-52(61)46-43-40-37-35-32-29-27-25-23-20-17-14-11-8-5-2)49-68-59-57(55(64)54(63)56(71-59)58(65)66)70-53(62)47-44-41-38-34-30-21-18-15-12-9-6-3/h7-8,10-11,15-20,24-27,50,54-57,59,63-64H,4-6,9,12-14,21-23,28-49H2,1-3H3,(H,65,66)/b10-7-,11-8-,18-15-,19-16-,20-17-,26-24-,27-25-. The number of aliphatic carboxylic acids is 1. The highest BCUT2D eigenvalue weighted by molar-refractivity contribution is 5.74. The first-order chi connectivity index (χ1) is 34.6. The number of allylic oxidation sites excluding steroid dienone is 14. The van der Waals surface area contributed by atoms with Crippen molar-refractivity contribution < 1.29 is 58.2 Å². The van der Waals surface area contributed by atoms with Gasteiger partial charge in [0, 0.05) is 19.3 Å². The predicted octanol–water partition coefficient (Wildman–Crippen LogP) is 13.6. The monoisotopic (exact) mass is 997 g/mol. The Bertz CT molecular complexity index is 1560. The molecule has 71 heavy (non-hydrogen) atoms. The number of hydrogen-bond acceptors (Lipinski definition) is 11. The van der Waals surface area contributed by atoms with Crippen molar-refractivity contribution in [1.29, 1.82) is 0 Å². The van der Waals surface area contributed by atoms with E-state index in [9.17, 15) is 34.5 Å². The number of rotatable bonds is 45. The van der Waals surface area contributed by atoms with E-state index < -0.39 is 67.3 Å². The van der Waals surface area contributed by atoms with Crippen molar-refractivity contribution in [3.8, 4) is 0 Å². The van der Waals surface area contributed by atoms with Crippen LogP contribution < -0.4 is 0 Å². The number of carbonyl (C=O) groups is 4. The SMILES string of the molecule is CC/C=C\C/C=C\C/C=C\CCCCCCCC(=O)OCC(COC1OC(C(=O)O)C(O)C(O)C1OC(=O)CCCCCCC/C=C\CCCC)OC(=O)CCCCCCC/C=C\C/C=C\C/C=C\CC. The van der Waals surface area contributed by atoms with E-state index >= 15 is 0 Å². The van der Waals surface area contributed by atoms with Crippen LogP contribution in [0.15, 0.2) is 85.1 Å². The van der Waals surface area contributed by atoms with Crippen LogP contribution in [0.4, 0.5) is 0 Å². The van der Waals surface area contributed by atoms with Gasteiger partial charge in [0.1, 0.15) is 18.8 Å². The summed E-state index contributed by atoms with van der Waals surface area (Å²) in [6.07, 6.45) is 47.1. The highest BCUT2D eigenvalue weighted by Crippen LogP contribution is 2.26. The van der Waals surface area contributed by atoms with Gasteiger partial charge in [-0.25, -0.2) is 4.79 Å². The fourth-order valence-electron chi connectivity index (χ4n) is 7.73. The lowest BCUT2D eigenvalue weighted by Crippen LogP contribution is -2.61. The van der Waals surface area contributed by atoms with Crippen LogP contribution >= 0.6 is 0 Å². The Balaban J connectivity index is 2.75. The molecule has 0 aromatic heterocycles. The third-order valence-electron chi connectivity index (χ3n) is 11.9. The average molecular weight is 997 g/mol. The van der Waals surface area contributed by atoms with Crippen LogP contribution in [0.1, 0.15) is 213 Å². The summed E-state index contributed by atoms with van der Waals surface area (Å²) >= 11 is 0. The minimum absolute atomic E-state index is 0.0428. The van der Waals surface area contributed by atoms with E-state index in [-0.39, 0.29) is 25.9 Å². The molecule has 12 nitrogen and oxygen atoms in total. The van der Waals surface area contributed by atoms with Crippen LogP contribution in [0.2, 0.25) is 0 Å². The van der Waals surface area contributed by atoms with Crippen molar-refractivity contribution in [3.63, 3.8) is 0 Å². The summed E-state index contributed by atoms with van der Waals surface area (Å²) in [6, 6.07) is 0. The smallest absolute Gasteiger partial charge is 0.335 e. The van der Waals surface area contributed by atoms with Gasteiger partial charge in [-0.3, -0.25) is 14.4 Å². The van der Waals surface area contributed by atoms with Crippen molar-refractivity contribution in [1.82, 2.24) is 0 Å². The van der Waals surface area contributed by atoms with Crippen LogP contribution in [-0.2, 0) is 42.9 Å². The molecule has 6 atom stereocenters. The number of aliphatic hydroxyl groups is 2. The molecule has 6 unspecified atom stereocenters. The minimum Gasteiger partial charge on any atom is -0.479 e. The molecule has 1 aliphatic heterocycles. The second-order valence-electron chi connectivity index (χ2n) is 18.4. The zero-order valence-electron chi connectivity index (χ0n) is 44.2. The lowest BCUT2D eigenvalue weighted by Gasteiger charge is -2.40. The Morgan fingerprint density at radius 2 is 0.887 bits per heavy atom. The van der Waals surface area contributed by atoms with Gasteiger partial charge in [0.2, 0.25) is 0 Å². The van der Waals surface area contributed by atoms with Crippen molar-refractivity contribution in [3.05, 3.63) is 85.1 Å². The summed E-state index contributed by atoms with van der Waals surface area (Å²) in [5.41, 5.74) is 0. The van der Waals surface area contributed by atoms with Gasteiger partial charge in [-0.2, -0.15) is 0 Å². The van der Waals surface area contributed by atoms with Gasteiger partial charge in [-0.1, -0.05) is 176 Å². The maximum Gasteiger partial charge on any atom is 0.335 e. The van der Waals surface area contributed by atoms with E-state index in [0.717, 1.165) is 141 Å². The number of hydrogen-bond donors (Lipinski definition) is 3. The summed E-state index contributed by atoms with van der Waals surface area (Å²) in [5.74, 6) is -3.19. The van der Waals surface area contributed by atoms with E-state index in [4.69, 9.17) is 23.7 Å². The van der Waals surface area contributed by atoms with Crippen molar-refractivity contribution in [2.45, 2.75) is 250 Å². The number of esters is 3. The molecular weight excluding hydrogens is 901 g/mol. The third-order valence-corrected chi connectivity index (χ3v) is 11.9. The highest BCUT2D eigenvalue weighted by Gasteiger charge is 2.50. The Hall–Kier alpha value is -4.10. The van der Waals surface area contributed by atoms with Gasteiger partial charge in [-0.05, 0) is 103 Å². The lowest BCUT2D eigenvalue weighted by molar-refractivity contribution is -0.301. The molecule has 0 radical (unpaired) electrons. The topological polar surface area (TPSA) is 175 Å². The van der Waals surface area contributed by atoms with Gasteiger partial charge >= 0.3 is 23.9 Å². The van der Waals surface area contributed by atoms with Crippen LogP contribution in [-0.4, -0.2) is 89.2 Å². The Morgan fingerprint density at radius 1 is 0.479 bits per heavy atom. The second-order valence-corrected chi connectivity index (χ2v) is 18.4. The molecule has 1 saturated heterocycles. The molecule has 0 aliphatic carbocycles. The molecule has 3 N–H and O–H groups in total. The molecule has 12 heteroatoms. The first-order valence-electron chi connectivity index (χ1n) is 27.6. The quantitative estimate of drug-likeness (QED) is 0.0228. The maximum absolute atomic E-state index is 13.1. The Morgan fingerprint density at radius 3 is 1.37 bits per heavy atom. The summed E-state index contributed by atoms with van der Waals surface area (Å²) < 4.78 is 28.3. The lowest BCUT2D eigenvalue weighted by atomic mass is 9.98. The number of carboxylic acids is 1. The molecule has 1 fully saturated rings. The molecular formula is C59H96O12. The van der Waals surface area contributed by atoms with Crippen LogP contribution in [0.3, 0.4) is 0 Å². The molecule has 1 rings (SSSR count). The van der Waals surface area contributed by atoms with Gasteiger partial charge in [-0.15, -0.1) is 0 Å². The third kappa shape index (κ3) is 37.3. The number of unbranched alkanes of at least 4 members (excludes halogenated alkanes) is 17. The van der Waals surface area contributed by atoms with Crippen molar-refractivity contribution >= 4 is 23.9 Å². The molecule has 404 valence electrons. The normalized spacial score (nSPS) is 19.1. The summed E-state index contributed by atoms with van der Waals surface area (Å²) in [7, 11) is 0. The molecule has 1 aliphatic rings. The molecule has 0 aromatic rings. The fourth-order valence-corrected chi connectivity index (χ4v) is 7.73. The molecule has 0 amide bonds. The van der Waals surface area contributed by atoms with Crippen LogP contribution in [0.25, 0.3) is 0 Å². The van der Waals surface area contributed by atoms with Crippen molar-refractivity contribution in [2.75, 3.05) is 13.2 Å². The first-order valence-corrected chi connectivity index (χ1v) is 27.6. The Kier molecular flexibility index (Phi) is 42.9. The molecule has 1 heterocycles. The summed E-state index contributed by atoms with van der Waals surface area (Å²) in [5, 5.41) is 31.4. The van der Waals surface area contributed by atoms with Crippen LogP contribution in [0.5, 0.6) is 0 Å². The van der Waals surface area contributed by atoms with Crippen LogP contribution in [0, 0.1) is 0 Å². The summed E-state index contributed by atoms with van der Waals surface area (Å²) in [6.45, 7) is 5.67. The highest BCUT2D eigenvalue weighted by atomic mass is 16.7. The van der Waals surface area contributed by atoms with E-state index in [1.807, 2.05) is 0 Å². The largest absolute Gasteiger partial charge is 0.479 e.